The van der Waals surface area contributed by atoms with Gasteiger partial charge in [-0.25, -0.2) is 0 Å². The van der Waals surface area contributed by atoms with Crippen molar-refractivity contribution in [1.29, 1.82) is 0 Å². The highest BCUT2D eigenvalue weighted by molar-refractivity contribution is 5.32. The summed E-state index contributed by atoms with van der Waals surface area (Å²) in [6.45, 7) is 5.30. The Bertz CT molecular complexity index is 413. The molecule has 2 nitrogen and oxygen atoms in total. The fourth-order valence-electron chi connectivity index (χ4n) is 3.04. The number of hydrogen-bond donors (Lipinski definition) is 1. The van der Waals surface area contributed by atoms with Crippen LogP contribution in [0.25, 0.3) is 0 Å². The zero-order chi connectivity index (χ0) is 11.9. The third-order valence-electron chi connectivity index (χ3n) is 3.92. The summed E-state index contributed by atoms with van der Waals surface area (Å²) < 4.78 is 6.32. The molecule has 1 aliphatic carbocycles. The first-order chi connectivity index (χ1) is 8.16. The molecular weight excluding hydrogens is 210 g/mol. The van der Waals surface area contributed by atoms with E-state index in [-0.39, 0.29) is 11.7 Å². The first-order valence-corrected chi connectivity index (χ1v) is 6.65. The second-order valence-electron chi connectivity index (χ2n) is 5.88. The second-order valence-corrected chi connectivity index (χ2v) is 5.88. The van der Waals surface area contributed by atoms with Crippen molar-refractivity contribution in [3.8, 4) is 0 Å². The van der Waals surface area contributed by atoms with Crippen molar-refractivity contribution in [3.63, 3.8) is 0 Å². The van der Waals surface area contributed by atoms with Crippen LogP contribution in [0.2, 0.25) is 0 Å². The maximum absolute atomic E-state index is 6.32. The monoisotopic (exact) mass is 231 g/mol. The Morgan fingerprint density at radius 1 is 1.29 bits per heavy atom. The Morgan fingerprint density at radius 3 is 3.00 bits per heavy atom. The van der Waals surface area contributed by atoms with Crippen LogP contribution in [0.4, 0.5) is 0 Å². The molecule has 1 aromatic carbocycles. The van der Waals surface area contributed by atoms with Crippen LogP contribution in [0, 0.1) is 0 Å². The lowest BCUT2D eigenvalue weighted by molar-refractivity contribution is -0.118. The van der Waals surface area contributed by atoms with Gasteiger partial charge in [0.1, 0.15) is 0 Å². The lowest BCUT2D eigenvalue weighted by Crippen LogP contribution is -2.52. The highest BCUT2D eigenvalue weighted by Crippen LogP contribution is 2.37. The van der Waals surface area contributed by atoms with E-state index >= 15 is 0 Å². The summed E-state index contributed by atoms with van der Waals surface area (Å²) in [6.07, 6.45) is 3.90. The van der Waals surface area contributed by atoms with Crippen molar-refractivity contribution in [1.82, 2.24) is 5.32 Å². The van der Waals surface area contributed by atoms with Gasteiger partial charge in [0.15, 0.2) is 0 Å². The van der Waals surface area contributed by atoms with E-state index in [0.29, 0.717) is 6.04 Å². The van der Waals surface area contributed by atoms with Crippen LogP contribution in [0.5, 0.6) is 0 Å². The Balaban J connectivity index is 1.98. The average Bonchev–Trinajstić information content (AvgIpc) is 2.47. The third kappa shape index (κ3) is 2.12. The molecule has 0 radical (unpaired) electrons. The Kier molecular flexibility index (Phi) is 2.72. The molecule has 1 aliphatic heterocycles. The second kappa shape index (κ2) is 4.11. The summed E-state index contributed by atoms with van der Waals surface area (Å²) in [5.41, 5.74) is 2.81. The molecule has 1 fully saturated rings. The molecule has 92 valence electrons. The summed E-state index contributed by atoms with van der Waals surface area (Å²) in [5, 5.41) is 3.67. The van der Waals surface area contributed by atoms with Gasteiger partial charge in [0, 0.05) is 12.6 Å². The number of morpholine rings is 1. The molecule has 17 heavy (non-hydrogen) atoms. The number of ether oxygens (including phenoxy) is 1. The largest absolute Gasteiger partial charge is 0.365 e. The number of nitrogens with one attached hydrogen (secondary N) is 1. The quantitative estimate of drug-likeness (QED) is 0.741. The molecular formula is C15H21NO. The Morgan fingerprint density at radius 2 is 2.12 bits per heavy atom. The molecule has 0 saturated carbocycles. The molecule has 0 bridgehead atoms. The zero-order valence-corrected chi connectivity index (χ0v) is 10.7. The molecule has 1 saturated heterocycles. The average molecular weight is 231 g/mol. The van der Waals surface area contributed by atoms with Gasteiger partial charge >= 0.3 is 0 Å². The molecule has 1 aromatic rings. The molecule has 2 aliphatic rings. The minimum Gasteiger partial charge on any atom is -0.365 e. The summed E-state index contributed by atoms with van der Waals surface area (Å²) >= 11 is 0. The van der Waals surface area contributed by atoms with Crippen molar-refractivity contribution in [2.45, 2.75) is 50.9 Å². The van der Waals surface area contributed by atoms with Gasteiger partial charge in [-0.05, 0) is 44.2 Å². The van der Waals surface area contributed by atoms with Crippen molar-refractivity contribution in [2.75, 3.05) is 6.54 Å². The number of hydrogen-bond acceptors (Lipinski definition) is 2. The predicted octanol–water partition coefficient (Wildman–Crippen LogP) is 2.83. The van der Waals surface area contributed by atoms with Gasteiger partial charge in [-0.15, -0.1) is 0 Å². The molecule has 1 N–H and O–H groups in total. The van der Waals surface area contributed by atoms with Crippen LogP contribution in [-0.2, 0) is 11.2 Å². The molecule has 2 unspecified atom stereocenters. The summed E-state index contributed by atoms with van der Waals surface area (Å²) in [4.78, 5) is 0. The van der Waals surface area contributed by atoms with Crippen LogP contribution in [0.1, 0.15) is 43.9 Å². The van der Waals surface area contributed by atoms with E-state index in [1.807, 2.05) is 0 Å². The fraction of sp³-hybridized carbons (Fsp3) is 0.600. The van der Waals surface area contributed by atoms with Gasteiger partial charge in [0.2, 0.25) is 0 Å². The van der Waals surface area contributed by atoms with E-state index in [1.54, 1.807) is 0 Å². The van der Waals surface area contributed by atoms with Gasteiger partial charge < -0.3 is 10.1 Å². The highest BCUT2D eigenvalue weighted by atomic mass is 16.5. The van der Waals surface area contributed by atoms with Crippen molar-refractivity contribution in [3.05, 3.63) is 35.4 Å². The smallest absolute Gasteiger partial charge is 0.0988 e. The lowest BCUT2D eigenvalue weighted by atomic mass is 9.94. The fourth-order valence-corrected chi connectivity index (χ4v) is 3.04. The van der Waals surface area contributed by atoms with Gasteiger partial charge in [-0.2, -0.15) is 0 Å². The van der Waals surface area contributed by atoms with E-state index < -0.39 is 0 Å². The number of aryl methyl sites for hydroxylation is 1. The van der Waals surface area contributed by atoms with Crippen LogP contribution in [0.15, 0.2) is 24.3 Å². The minimum absolute atomic E-state index is 0.0569. The summed E-state index contributed by atoms with van der Waals surface area (Å²) in [6, 6.07) is 9.25. The molecule has 0 amide bonds. The summed E-state index contributed by atoms with van der Waals surface area (Å²) in [5.74, 6) is 0. The topological polar surface area (TPSA) is 21.3 Å². The Hall–Kier alpha value is -0.860. The summed E-state index contributed by atoms with van der Waals surface area (Å²) in [7, 11) is 0. The molecule has 3 rings (SSSR count). The van der Waals surface area contributed by atoms with Gasteiger partial charge in [0.05, 0.1) is 11.7 Å². The molecule has 2 heteroatoms. The van der Waals surface area contributed by atoms with E-state index in [2.05, 4.69) is 43.4 Å². The highest BCUT2D eigenvalue weighted by Gasteiger charge is 2.37. The van der Waals surface area contributed by atoms with Crippen molar-refractivity contribution >= 4 is 0 Å². The van der Waals surface area contributed by atoms with Crippen molar-refractivity contribution in [2.24, 2.45) is 0 Å². The number of benzene rings is 1. The van der Waals surface area contributed by atoms with Gasteiger partial charge in [-0.1, -0.05) is 24.3 Å². The van der Waals surface area contributed by atoms with Crippen LogP contribution < -0.4 is 5.32 Å². The molecule has 0 spiro atoms. The molecule has 0 aromatic heterocycles. The SMILES string of the molecule is CC1(C)CNC2CCCc3ccccc3C2O1. The van der Waals surface area contributed by atoms with Crippen LogP contribution >= 0.6 is 0 Å². The maximum Gasteiger partial charge on any atom is 0.0988 e. The Labute approximate surface area is 103 Å². The third-order valence-corrected chi connectivity index (χ3v) is 3.92. The first kappa shape index (κ1) is 11.2. The van der Waals surface area contributed by atoms with Gasteiger partial charge in [0.25, 0.3) is 0 Å². The standard InChI is InChI=1S/C15H21NO/c1-15(2)10-16-13-9-5-7-11-6-3-4-8-12(11)14(13)17-15/h3-4,6,8,13-14,16H,5,7,9-10H2,1-2H3. The van der Waals surface area contributed by atoms with E-state index in [0.717, 1.165) is 6.54 Å². The maximum atomic E-state index is 6.32. The zero-order valence-electron chi connectivity index (χ0n) is 10.7. The van der Waals surface area contributed by atoms with E-state index in [9.17, 15) is 0 Å². The van der Waals surface area contributed by atoms with E-state index in [4.69, 9.17) is 4.74 Å². The van der Waals surface area contributed by atoms with Crippen LogP contribution in [-0.4, -0.2) is 18.2 Å². The normalized spacial score (nSPS) is 31.2. The number of rotatable bonds is 0. The van der Waals surface area contributed by atoms with Gasteiger partial charge in [-0.3, -0.25) is 0 Å². The van der Waals surface area contributed by atoms with Crippen LogP contribution in [0.3, 0.4) is 0 Å². The van der Waals surface area contributed by atoms with Crippen molar-refractivity contribution < 1.29 is 4.74 Å². The van der Waals surface area contributed by atoms with E-state index in [1.165, 1.54) is 30.4 Å². The minimum atomic E-state index is -0.0569. The number of fused-ring (bicyclic) bond motifs is 3. The predicted molar refractivity (Wildman–Crippen MR) is 69.1 cm³/mol. The first-order valence-electron chi connectivity index (χ1n) is 6.65. The molecule has 2 atom stereocenters. The molecule has 1 heterocycles. The lowest BCUT2D eigenvalue weighted by Gasteiger charge is -2.42.